The molecular weight excluding hydrogens is 342 g/mol. The van der Waals surface area contributed by atoms with E-state index in [0.29, 0.717) is 23.7 Å². The van der Waals surface area contributed by atoms with Crippen LogP contribution in [0.5, 0.6) is 11.5 Å². The number of ether oxygens (including phenoxy) is 1. The van der Waals surface area contributed by atoms with E-state index in [1.807, 2.05) is 18.2 Å². The second kappa shape index (κ2) is 7.08. The van der Waals surface area contributed by atoms with Crippen LogP contribution in [0, 0.1) is 6.92 Å². The number of methoxy groups -OCH3 is 1. The van der Waals surface area contributed by atoms with Crippen LogP contribution in [0.15, 0.2) is 51.7 Å². The average molecular weight is 365 g/mol. The van der Waals surface area contributed by atoms with E-state index in [1.165, 1.54) is 5.56 Å². The number of aromatic hydroxyl groups is 1. The Morgan fingerprint density at radius 1 is 1.22 bits per heavy atom. The summed E-state index contributed by atoms with van der Waals surface area (Å²) in [6, 6.07) is 13.6. The maximum absolute atomic E-state index is 12.1. The lowest BCUT2D eigenvalue weighted by atomic mass is 10.0. The van der Waals surface area contributed by atoms with Crippen molar-refractivity contribution in [3.63, 3.8) is 0 Å². The summed E-state index contributed by atoms with van der Waals surface area (Å²) in [6.45, 7) is 3.42. The van der Waals surface area contributed by atoms with Gasteiger partial charge in [0.15, 0.2) is 0 Å². The molecule has 27 heavy (non-hydrogen) atoms. The third kappa shape index (κ3) is 3.30. The Kier molecular flexibility index (Phi) is 4.62. The van der Waals surface area contributed by atoms with E-state index in [4.69, 9.17) is 9.15 Å². The van der Waals surface area contributed by atoms with Gasteiger partial charge in [0.25, 0.3) is 0 Å². The van der Waals surface area contributed by atoms with E-state index in [0.717, 1.165) is 36.1 Å². The predicted molar refractivity (Wildman–Crippen MR) is 104 cm³/mol. The zero-order chi connectivity index (χ0) is 19.0. The van der Waals surface area contributed by atoms with E-state index in [2.05, 4.69) is 17.0 Å². The molecule has 1 saturated heterocycles. The third-order valence-electron chi connectivity index (χ3n) is 5.46. The first-order valence-electron chi connectivity index (χ1n) is 9.20. The smallest absolute Gasteiger partial charge is 0.336 e. The van der Waals surface area contributed by atoms with E-state index < -0.39 is 0 Å². The fourth-order valence-electron chi connectivity index (χ4n) is 3.98. The minimum absolute atomic E-state index is 0.139. The molecule has 2 aromatic carbocycles. The fourth-order valence-corrected chi connectivity index (χ4v) is 3.98. The number of likely N-dealkylation sites (tertiary alicyclic amines) is 1. The molecule has 0 aliphatic carbocycles. The van der Waals surface area contributed by atoms with Crippen LogP contribution in [-0.2, 0) is 6.54 Å². The highest BCUT2D eigenvalue weighted by Gasteiger charge is 2.27. The van der Waals surface area contributed by atoms with Crippen molar-refractivity contribution >= 4 is 11.0 Å². The van der Waals surface area contributed by atoms with Crippen molar-refractivity contribution in [1.29, 1.82) is 0 Å². The Bertz CT molecular complexity index is 1020. The fraction of sp³-hybridized carbons (Fsp3) is 0.318. The van der Waals surface area contributed by atoms with Crippen molar-refractivity contribution in [2.75, 3.05) is 13.7 Å². The summed E-state index contributed by atoms with van der Waals surface area (Å²) >= 11 is 0. The van der Waals surface area contributed by atoms with Crippen molar-refractivity contribution in [3.8, 4) is 11.5 Å². The van der Waals surface area contributed by atoms with Gasteiger partial charge in [-0.2, -0.15) is 0 Å². The maximum atomic E-state index is 12.1. The summed E-state index contributed by atoms with van der Waals surface area (Å²) < 4.78 is 10.6. The molecule has 4 rings (SSSR count). The van der Waals surface area contributed by atoms with Gasteiger partial charge < -0.3 is 14.3 Å². The van der Waals surface area contributed by atoms with Crippen molar-refractivity contribution in [2.45, 2.75) is 32.4 Å². The van der Waals surface area contributed by atoms with Crippen molar-refractivity contribution < 1.29 is 14.3 Å². The van der Waals surface area contributed by atoms with Crippen LogP contribution in [0.4, 0.5) is 0 Å². The highest BCUT2D eigenvalue weighted by Crippen LogP contribution is 2.35. The number of phenolic OH excluding ortho intramolecular Hbond substituents is 1. The van der Waals surface area contributed by atoms with Gasteiger partial charge in [-0.05, 0) is 61.7 Å². The quantitative estimate of drug-likeness (QED) is 0.704. The number of nitrogens with zero attached hydrogens (tertiary/aromatic N) is 1. The highest BCUT2D eigenvalue weighted by molar-refractivity contribution is 5.84. The van der Waals surface area contributed by atoms with E-state index in [-0.39, 0.29) is 11.4 Å². The molecule has 0 saturated carbocycles. The van der Waals surface area contributed by atoms with Gasteiger partial charge in [-0.1, -0.05) is 12.1 Å². The van der Waals surface area contributed by atoms with Crippen LogP contribution >= 0.6 is 0 Å². The SMILES string of the molecule is COc1ccc([C@@H]2CCCN2Cc2cc(=O)oc3c(C)c(O)ccc23)cc1. The number of benzene rings is 2. The van der Waals surface area contributed by atoms with E-state index in [9.17, 15) is 9.90 Å². The Morgan fingerprint density at radius 3 is 2.74 bits per heavy atom. The lowest BCUT2D eigenvalue weighted by molar-refractivity contribution is 0.249. The Labute approximate surface area is 157 Å². The Morgan fingerprint density at radius 2 is 2.00 bits per heavy atom. The average Bonchev–Trinajstić information content (AvgIpc) is 3.13. The molecule has 140 valence electrons. The summed E-state index contributed by atoms with van der Waals surface area (Å²) in [4.78, 5) is 14.5. The third-order valence-corrected chi connectivity index (χ3v) is 5.46. The molecule has 5 nitrogen and oxygen atoms in total. The largest absolute Gasteiger partial charge is 0.508 e. The monoisotopic (exact) mass is 365 g/mol. The van der Waals surface area contributed by atoms with Gasteiger partial charge in [0, 0.05) is 29.6 Å². The van der Waals surface area contributed by atoms with Crippen LogP contribution in [0.2, 0.25) is 0 Å². The van der Waals surface area contributed by atoms with Gasteiger partial charge in [0.05, 0.1) is 7.11 Å². The van der Waals surface area contributed by atoms with Gasteiger partial charge >= 0.3 is 5.63 Å². The second-order valence-electron chi connectivity index (χ2n) is 7.08. The lowest BCUT2D eigenvalue weighted by Crippen LogP contribution is -2.23. The molecule has 3 aromatic rings. The number of hydrogen-bond donors (Lipinski definition) is 1. The molecule has 0 unspecified atom stereocenters. The first kappa shape index (κ1) is 17.6. The molecule has 1 N–H and O–H groups in total. The normalized spacial score (nSPS) is 17.5. The Balaban J connectivity index is 1.68. The van der Waals surface area contributed by atoms with E-state index in [1.54, 1.807) is 26.2 Å². The van der Waals surface area contributed by atoms with Crippen LogP contribution in [-0.4, -0.2) is 23.7 Å². The first-order valence-corrected chi connectivity index (χ1v) is 9.20. The lowest BCUT2D eigenvalue weighted by Gasteiger charge is -2.25. The van der Waals surface area contributed by atoms with Gasteiger partial charge in [-0.3, -0.25) is 4.90 Å². The minimum atomic E-state index is -0.383. The molecule has 5 heteroatoms. The molecule has 0 radical (unpaired) electrons. The molecule has 1 atom stereocenters. The standard InChI is InChI=1S/C22H23NO4/c1-14-20(24)10-9-18-16(12-21(25)27-22(14)18)13-23-11-3-4-19(23)15-5-7-17(26-2)8-6-15/h5-10,12,19,24H,3-4,11,13H2,1-2H3/t19-/m0/s1. The topological polar surface area (TPSA) is 62.9 Å². The van der Waals surface area contributed by atoms with Gasteiger partial charge in [-0.15, -0.1) is 0 Å². The molecule has 0 spiro atoms. The molecule has 1 aromatic heterocycles. The molecule has 1 fully saturated rings. The van der Waals surface area contributed by atoms with Crippen molar-refractivity contribution in [1.82, 2.24) is 4.90 Å². The summed E-state index contributed by atoms with van der Waals surface area (Å²) in [5.74, 6) is 0.991. The number of aryl methyl sites for hydroxylation is 1. The van der Waals surface area contributed by atoms with Crippen LogP contribution in [0.1, 0.15) is 35.6 Å². The van der Waals surface area contributed by atoms with Gasteiger partial charge in [0.2, 0.25) is 0 Å². The van der Waals surface area contributed by atoms with Gasteiger partial charge in [-0.25, -0.2) is 4.79 Å². The highest BCUT2D eigenvalue weighted by atomic mass is 16.5. The number of hydrogen-bond acceptors (Lipinski definition) is 5. The maximum Gasteiger partial charge on any atom is 0.336 e. The molecule has 2 heterocycles. The molecule has 1 aliphatic heterocycles. The summed E-state index contributed by atoms with van der Waals surface area (Å²) in [7, 11) is 1.67. The minimum Gasteiger partial charge on any atom is -0.508 e. The number of fused-ring (bicyclic) bond motifs is 1. The first-order chi connectivity index (χ1) is 13.1. The van der Waals surface area contributed by atoms with Crippen LogP contribution in [0.25, 0.3) is 11.0 Å². The molecule has 0 bridgehead atoms. The summed E-state index contributed by atoms with van der Waals surface area (Å²) in [5.41, 5.74) is 2.88. The molecule has 1 aliphatic rings. The molecule has 0 amide bonds. The second-order valence-corrected chi connectivity index (χ2v) is 7.08. The summed E-state index contributed by atoms with van der Waals surface area (Å²) in [5, 5.41) is 10.8. The zero-order valence-electron chi connectivity index (χ0n) is 15.6. The van der Waals surface area contributed by atoms with Gasteiger partial charge in [0.1, 0.15) is 17.1 Å². The van der Waals surface area contributed by atoms with Crippen LogP contribution < -0.4 is 10.4 Å². The predicted octanol–water partition coefficient (Wildman–Crippen LogP) is 4.15. The van der Waals surface area contributed by atoms with Crippen LogP contribution in [0.3, 0.4) is 0 Å². The molecular formula is C22H23NO4. The van der Waals surface area contributed by atoms with E-state index >= 15 is 0 Å². The number of phenols is 1. The zero-order valence-corrected chi connectivity index (χ0v) is 15.6. The van der Waals surface area contributed by atoms with Crippen molar-refractivity contribution in [2.24, 2.45) is 0 Å². The summed E-state index contributed by atoms with van der Waals surface area (Å²) in [6.07, 6.45) is 2.21. The van der Waals surface area contributed by atoms with Crippen molar-refractivity contribution in [3.05, 3.63) is 69.6 Å². The Hall–Kier alpha value is -2.79. The number of rotatable bonds is 4.